The number of sulfonamides is 1. The minimum Gasteiger partial charge on any atom is -0.384 e. The summed E-state index contributed by atoms with van der Waals surface area (Å²) >= 11 is 0. The van der Waals surface area contributed by atoms with Gasteiger partial charge in [-0.2, -0.15) is 4.31 Å². The summed E-state index contributed by atoms with van der Waals surface area (Å²) in [7, 11) is -1.77. The van der Waals surface area contributed by atoms with Crippen LogP contribution in [0.1, 0.15) is 18.4 Å². The summed E-state index contributed by atoms with van der Waals surface area (Å²) < 4.78 is 38.6. The Hall–Kier alpha value is -0.950. The number of aryl methyl sites for hydroxylation is 1. The topological polar surface area (TPSA) is 55.8 Å². The van der Waals surface area contributed by atoms with Crippen LogP contribution in [-0.4, -0.2) is 52.7 Å². The summed E-state index contributed by atoms with van der Waals surface area (Å²) in [4.78, 5) is 0.387. The number of rotatable bonds is 4. The van der Waals surface area contributed by atoms with Gasteiger partial charge in [0.25, 0.3) is 0 Å². The molecule has 0 aromatic heterocycles. The molecule has 23 heavy (non-hydrogen) atoms. The van der Waals surface area contributed by atoms with Crippen LogP contribution in [0.5, 0.6) is 0 Å². The van der Waals surface area contributed by atoms with Crippen LogP contribution in [-0.2, 0) is 19.5 Å². The molecular weight excluding hydrogens is 314 g/mol. The second kappa shape index (κ2) is 6.51. The number of hydrogen-bond donors (Lipinski definition) is 0. The molecule has 3 rings (SSSR count). The Morgan fingerprint density at radius 3 is 2.74 bits per heavy atom. The molecule has 128 valence electrons. The van der Waals surface area contributed by atoms with E-state index < -0.39 is 10.0 Å². The van der Waals surface area contributed by atoms with E-state index in [-0.39, 0.29) is 11.3 Å². The standard InChI is InChI=1S/C17H25NO4S/c1-14-4-3-5-16(10-14)23(19,20)18-11-15(12-21-2)17(13-18)6-8-22-9-7-17/h3-5,10,15H,6-9,11-13H2,1-2H3/t15-/m1/s1. The predicted molar refractivity (Wildman–Crippen MR) is 87.8 cm³/mol. The zero-order valence-electron chi connectivity index (χ0n) is 13.8. The third-order valence-electron chi connectivity index (χ3n) is 5.27. The highest BCUT2D eigenvalue weighted by atomic mass is 32.2. The third-order valence-corrected chi connectivity index (χ3v) is 7.07. The Balaban J connectivity index is 1.89. The Kier molecular flexibility index (Phi) is 4.78. The van der Waals surface area contributed by atoms with Crippen molar-refractivity contribution in [3.05, 3.63) is 29.8 Å². The maximum atomic E-state index is 13.0. The normalized spacial score (nSPS) is 25.0. The first-order valence-electron chi connectivity index (χ1n) is 8.11. The molecule has 1 spiro atoms. The molecule has 0 amide bonds. The van der Waals surface area contributed by atoms with Gasteiger partial charge in [0.2, 0.25) is 10.0 Å². The van der Waals surface area contributed by atoms with Crippen LogP contribution in [0.3, 0.4) is 0 Å². The van der Waals surface area contributed by atoms with Crippen molar-refractivity contribution in [1.82, 2.24) is 4.31 Å². The molecule has 1 aromatic carbocycles. The molecule has 0 aliphatic carbocycles. The molecule has 0 radical (unpaired) electrons. The fourth-order valence-corrected chi connectivity index (χ4v) is 5.55. The van der Waals surface area contributed by atoms with Gasteiger partial charge in [0, 0.05) is 39.3 Å². The van der Waals surface area contributed by atoms with Crippen LogP contribution in [0.15, 0.2) is 29.2 Å². The van der Waals surface area contributed by atoms with Crippen molar-refractivity contribution in [2.45, 2.75) is 24.7 Å². The highest BCUT2D eigenvalue weighted by Crippen LogP contribution is 2.45. The van der Waals surface area contributed by atoms with Crippen molar-refractivity contribution in [2.24, 2.45) is 11.3 Å². The summed E-state index contributed by atoms with van der Waals surface area (Å²) in [5.41, 5.74) is 0.949. The first-order valence-corrected chi connectivity index (χ1v) is 9.55. The number of ether oxygens (including phenoxy) is 2. The lowest BCUT2D eigenvalue weighted by Gasteiger charge is -2.37. The molecule has 2 aliphatic rings. The monoisotopic (exact) mass is 339 g/mol. The first kappa shape index (κ1) is 16.9. The molecule has 2 saturated heterocycles. The van der Waals surface area contributed by atoms with Crippen LogP contribution < -0.4 is 0 Å². The van der Waals surface area contributed by atoms with E-state index in [9.17, 15) is 8.42 Å². The lowest BCUT2D eigenvalue weighted by Crippen LogP contribution is -2.39. The van der Waals surface area contributed by atoms with Gasteiger partial charge in [0.15, 0.2) is 0 Å². The van der Waals surface area contributed by atoms with Crippen molar-refractivity contribution in [3.63, 3.8) is 0 Å². The van der Waals surface area contributed by atoms with Crippen molar-refractivity contribution >= 4 is 10.0 Å². The van der Waals surface area contributed by atoms with Gasteiger partial charge >= 0.3 is 0 Å². The molecule has 5 nitrogen and oxygen atoms in total. The summed E-state index contributed by atoms with van der Waals surface area (Å²) in [5.74, 6) is 0.232. The third kappa shape index (κ3) is 3.18. The maximum Gasteiger partial charge on any atom is 0.243 e. The zero-order valence-corrected chi connectivity index (χ0v) is 14.6. The van der Waals surface area contributed by atoms with Gasteiger partial charge in [-0.1, -0.05) is 12.1 Å². The molecule has 2 heterocycles. The highest BCUT2D eigenvalue weighted by Gasteiger charge is 2.50. The van der Waals surface area contributed by atoms with Crippen LogP contribution in [0.2, 0.25) is 0 Å². The van der Waals surface area contributed by atoms with Crippen LogP contribution >= 0.6 is 0 Å². The van der Waals surface area contributed by atoms with Gasteiger partial charge < -0.3 is 9.47 Å². The van der Waals surface area contributed by atoms with Crippen molar-refractivity contribution in [3.8, 4) is 0 Å². The average molecular weight is 339 g/mol. The Labute approximate surface area is 138 Å². The molecule has 2 fully saturated rings. The molecule has 0 unspecified atom stereocenters. The minimum atomic E-state index is -3.45. The van der Waals surface area contributed by atoms with E-state index >= 15 is 0 Å². The number of methoxy groups -OCH3 is 1. The Morgan fingerprint density at radius 2 is 2.09 bits per heavy atom. The van der Waals surface area contributed by atoms with E-state index in [4.69, 9.17) is 9.47 Å². The lowest BCUT2D eigenvalue weighted by molar-refractivity contribution is -0.0162. The van der Waals surface area contributed by atoms with E-state index in [1.165, 1.54) is 0 Å². The van der Waals surface area contributed by atoms with Gasteiger partial charge in [0.1, 0.15) is 0 Å². The van der Waals surface area contributed by atoms with Gasteiger partial charge in [0.05, 0.1) is 11.5 Å². The maximum absolute atomic E-state index is 13.0. The van der Waals surface area contributed by atoms with E-state index in [1.807, 2.05) is 13.0 Å². The molecule has 1 atom stereocenters. The van der Waals surface area contributed by atoms with Crippen molar-refractivity contribution in [1.29, 1.82) is 0 Å². The van der Waals surface area contributed by atoms with Crippen molar-refractivity contribution in [2.75, 3.05) is 40.0 Å². The quantitative estimate of drug-likeness (QED) is 0.842. The number of nitrogens with zero attached hydrogens (tertiary/aromatic N) is 1. The van der Waals surface area contributed by atoms with E-state index in [0.717, 1.165) is 18.4 Å². The summed E-state index contributed by atoms with van der Waals surface area (Å²) in [6.07, 6.45) is 1.81. The van der Waals surface area contributed by atoms with Gasteiger partial charge in [-0.05, 0) is 42.9 Å². The molecule has 0 saturated carbocycles. The molecule has 1 aromatic rings. The highest BCUT2D eigenvalue weighted by molar-refractivity contribution is 7.89. The van der Waals surface area contributed by atoms with E-state index in [2.05, 4.69) is 0 Å². The predicted octanol–water partition coefficient (Wildman–Crippen LogP) is 2.06. The van der Waals surface area contributed by atoms with Crippen LogP contribution in [0.4, 0.5) is 0 Å². The molecule has 2 aliphatic heterocycles. The largest absolute Gasteiger partial charge is 0.384 e. The van der Waals surface area contributed by atoms with Gasteiger partial charge in [-0.3, -0.25) is 0 Å². The fourth-order valence-electron chi connectivity index (χ4n) is 3.87. The van der Waals surface area contributed by atoms with E-state index in [0.29, 0.717) is 37.8 Å². The van der Waals surface area contributed by atoms with Crippen LogP contribution in [0.25, 0.3) is 0 Å². The average Bonchev–Trinajstić information content (AvgIpc) is 2.87. The Bertz CT molecular complexity index is 652. The summed E-state index contributed by atoms with van der Waals surface area (Å²) in [6, 6.07) is 7.14. The zero-order chi connectivity index (χ0) is 16.5. The summed E-state index contributed by atoms with van der Waals surface area (Å²) in [5, 5.41) is 0. The molecular formula is C17H25NO4S. The second-order valence-electron chi connectivity index (χ2n) is 6.74. The van der Waals surface area contributed by atoms with Gasteiger partial charge in [-0.25, -0.2) is 8.42 Å². The molecule has 0 bridgehead atoms. The Morgan fingerprint density at radius 1 is 1.35 bits per heavy atom. The lowest BCUT2D eigenvalue weighted by atomic mass is 9.72. The smallest absolute Gasteiger partial charge is 0.243 e. The summed E-state index contributed by atoms with van der Waals surface area (Å²) in [6.45, 7) is 5.03. The first-order chi connectivity index (χ1) is 11.0. The van der Waals surface area contributed by atoms with Crippen LogP contribution in [0, 0.1) is 18.3 Å². The fraction of sp³-hybridized carbons (Fsp3) is 0.647. The van der Waals surface area contributed by atoms with Crippen molar-refractivity contribution < 1.29 is 17.9 Å². The second-order valence-corrected chi connectivity index (χ2v) is 8.68. The molecule has 0 N–H and O–H groups in total. The number of hydrogen-bond acceptors (Lipinski definition) is 4. The SMILES string of the molecule is COC[C@H]1CN(S(=O)(=O)c2cccc(C)c2)CC12CCOCC2. The minimum absolute atomic E-state index is 0.00877. The van der Waals surface area contributed by atoms with E-state index in [1.54, 1.807) is 29.6 Å². The van der Waals surface area contributed by atoms with Gasteiger partial charge in [-0.15, -0.1) is 0 Å². The number of benzene rings is 1. The molecule has 6 heteroatoms.